The number of ether oxygens (including phenoxy) is 1. The van der Waals surface area contributed by atoms with Gasteiger partial charge in [0.15, 0.2) is 0 Å². The fraction of sp³-hybridized carbons (Fsp3) is 0.973. The molecule has 0 aliphatic rings. The molecule has 2 nitrogen and oxygen atoms in total. The molecule has 0 amide bonds. The predicted molar refractivity (Wildman–Crippen MR) is 184 cm³/mol. The number of carbonyl (C=O) groups excluding carboxylic acids is 1. The Morgan fingerprint density at radius 2 is 0.675 bits per heavy atom. The molecule has 3 heteroatoms. The van der Waals surface area contributed by atoms with E-state index in [1.807, 2.05) is 0 Å². The van der Waals surface area contributed by atoms with Crippen molar-refractivity contribution in [3.05, 3.63) is 0 Å². The van der Waals surface area contributed by atoms with Crippen LogP contribution >= 0.6 is 9.24 Å². The Morgan fingerprint density at radius 1 is 0.400 bits per heavy atom. The van der Waals surface area contributed by atoms with Crippen molar-refractivity contribution in [1.82, 2.24) is 0 Å². The predicted octanol–water partition coefficient (Wildman–Crippen LogP) is 13.3. The molecule has 0 aliphatic carbocycles. The van der Waals surface area contributed by atoms with Crippen LogP contribution < -0.4 is 0 Å². The highest BCUT2D eigenvalue weighted by Crippen LogP contribution is 2.16. The first kappa shape index (κ1) is 39.9. The summed E-state index contributed by atoms with van der Waals surface area (Å²) in [6.45, 7) is 2.92. The Balaban J connectivity index is 3.14. The zero-order chi connectivity index (χ0) is 29.0. The fourth-order valence-electron chi connectivity index (χ4n) is 5.80. The van der Waals surface area contributed by atoms with Gasteiger partial charge in [0.05, 0.1) is 6.61 Å². The van der Waals surface area contributed by atoms with Crippen molar-refractivity contribution in [2.75, 3.05) is 12.8 Å². The van der Waals surface area contributed by atoms with Gasteiger partial charge in [-0.15, -0.1) is 9.24 Å². The number of carbonyl (C=O) groups is 1. The molecule has 1 unspecified atom stereocenters. The highest BCUT2D eigenvalue weighted by Gasteiger charge is 2.03. The molecule has 0 bridgehead atoms. The molecule has 0 saturated heterocycles. The summed E-state index contributed by atoms with van der Waals surface area (Å²) < 4.78 is 5.45. The first-order valence-electron chi connectivity index (χ1n) is 18.7. The van der Waals surface area contributed by atoms with Crippen LogP contribution in [0.5, 0.6) is 0 Å². The lowest BCUT2D eigenvalue weighted by Gasteiger charge is -2.06. The maximum Gasteiger partial charge on any atom is 0.305 e. The maximum absolute atomic E-state index is 11.9. The van der Waals surface area contributed by atoms with Gasteiger partial charge in [-0.3, -0.25) is 4.79 Å². The summed E-state index contributed by atoms with van der Waals surface area (Å²) in [7, 11) is 2.84. The minimum atomic E-state index is 0.0286. The third-order valence-corrected chi connectivity index (χ3v) is 9.00. The molecule has 0 heterocycles. The van der Waals surface area contributed by atoms with E-state index in [0.29, 0.717) is 13.0 Å². The molecular formula is C37H75O2P. The molecule has 0 aromatic carbocycles. The van der Waals surface area contributed by atoms with Crippen LogP contribution in [-0.4, -0.2) is 18.7 Å². The average Bonchev–Trinajstić information content (AvgIpc) is 2.96. The average molecular weight is 583 g/mol. The standard InChI is InChI=1S/C37H75O2P/c1-2-3-4-5-6-7-8-9-13-16-19-22-25-28-31-34-37(38)39-35-32-29-26-23-20-17-14-11-10-12-15-18-21-24-27-30-33-36-40/h2-36,40H2,1H3. The number of rotatable bonds is 35. The first-order valence-corrected chi connectivity index (χ1v) is 19.5. The second kappa shape index (κ2) is 36.9. The number of unbranched alkanes of at least 4 members (excludes halogenated alkanes) is 30. The van der Waals surface area contributed by atoms with Crippen molar-refractivity contribution < 1.29 is 9.53 Å². The van der Waals surface area contributed by atoms with E-state index < -0.39 is 0 Å². The molecule has 0 aromatic heterocycles. The molecule has 0 radical (unpaired) electrons. The minimum absolute atomic E-state index is 0.0286. The van der Waals surface area contributed by atoms with Crippen molar-refractivity contribution in [3.8, 4) is 0 Å². The molecule has 0 spiro atoms. The molecular weight excluding hydrogens is 507 g/mol. The van der Waals surface area contributed by atoms with Gasteiger partial charge in [0.25, 0.3) is 0 Å². The van der Waals surface area contributed by atoms with E-state index in [2.05, 4.69) is 16.2 Å². The van der Waals surface area contributed by atoms with Crippen LogP contribution in [0.3, 0.4) is 0 Å². The third-order valence-electron chi connectivity index (χ3n) is 8.60. The van der Waals surface area contributed by atoms with E-state index in [0.717, 1.165) is 12.8 Å². The van der Waals surface area contributed by atoms with Crippen LogP contribution in [0.25, 0.3) is 0 Å². The van der Waals surface area contributed by atoms with Crippen molar-refractivity contribution >= 4 is 15.2 Å². The van der Waals surface area contributed by atoms with Crippen LogP contribution in [0.15, 0.2) is 0 Å². The summed E-state index contributed by atoms with van der Waals surface area (Å²) in [5.41, 5.74) is 0. The van der Waals surface area contributed by atoms with Gasteiger partial charge in [0, 0.05) is 6.42 Å². The third kappa shape index (κ3) is 35.9. The summed E-state index contributed by atoms with van der Waals surface area (Å²) in [5.74, 6) is 0.0286. The highest BCUT2D eigenvalue weighted by molar-refractivity contribution is 7.16. The van der Waals surface area contributed by atoms with Crippen LogP contribution in [0.4, 0.5) is 0 Å². The lowest BCUT2D eigenvalue weighted by Crippen LogP contribution is -2.05. The molecule has 40 heavy (non-hydrogen) atoms. The normalized spacial score (nSPS) is 11.3. The number of hydrogen-bond acceptors (Lipinski definition) is 2. The highest BCUT2D eigenvalue weighted by atomic mass is 31.0. The molecule has 0 aromatic rings. The Kier molecular flexibility index (Phi) is 36.8. The minimum Gasteiger partial charge on any atom is -0.466 e. The van der Waals surface area contributed by atoms with Crippen molar-refractivity contribution in [1.29, 1.82) is 0 Å². The number of esters is 1. The molecule has 1 atom stereocenters. The van der Waals surface area contributed by atoms with Crippen molar-refractivity contribution in [3.63, 3.8) is 0 Å². The molecule has 240 valence electrons. The van der Waals surface area contributed by atoms with E-state index in [1.54, 1.807) is 0 Å². The summed E-state index contributed by atoms with van der Waals surface area (Å²) in [6, 6.07) is 0. The van der Waals surface area contributed by atoms with Crippen LogP contribution in [0.2, 0.25) is 0 Å². The lowest BCUT2D eigenvalue weighted by molar-refractivity contribution is -0.143. The van der Waals surface area contributed by atoms with Gasteiger partial charge in [-0.1, -0.05) is 193 Å². The first-order chi connectivity index (χ1) is 19.8. The Hall–Kier alpha value is -0.100. The van der Waals surface area contributed by atoms with Gasteiger partial charge in [-0.05, 0) is 25.4 Å². The van der Waals surface area contributed by atoms with Gasteiger partial charge in [0.2, 0.25) is 0 Å². The van der Waals surface area contributed by atoms with E-state index in [9.17, 15) is 4.79 Å². The number of hydrogen-bond donors (Lipinski definition) is 0. The fourth-order valence-corrected chi connectivity index (χ4v) is 6.09. The maximum atomic E-state index is 11.9. The molecule has 0 N–H and O–H groups in total. The second-order valence-corrected chi connectivity index (χ2v) is 13.3. The topological polar surface area (TPSA) is 26.3 Å². The van der Waals surface area contributed by atoms with E-state index in [-0.39, 0.29) is 5.97 Å². The van der Waals surface area contributed by atoms with Crippen LogP contribution in [0.1, 0.15) is 219 Å². The zero-order valence-corrected chi connectivity index (χ0v) is 28.8. The second-order valence-electron chi connectivity index (χ2n) is 12.7. The smallest absolute Gasteiger partial charge is 0.305 e. The van der Waals surface area contributed by atoms with Gasteiger partial charge < -0.3 is 4.74 Å². The molecule has 0 saturated carbocycles. The SMILES string of the molecule is CCCCCCCCCCCCCCCCCC(=O)OCCCCCCCCCCCCCCCCCCCP. The van der Waals surface area contributed by atoms with Crippen LogP contribution in [-0.2, 0) is 9.53 Å². The summed E-state index contributed by atoms with van der Waals surface area (Å²) in [5, 5.41) is 0. The van der Waals surface area contributed by atoms with E-state index in [1.165, 1.54) is 199 Å². The van der Waals surface area contributed by atoms with Gasteiger partial charge in [-0.2, -0.15) is 0 Å². The monoisotopic (exact) mass is 583 g/mol. The van der Waals surface area contributed by atoms with Crippen molar-refractivity contribution in [2.45, 2.75) is 219 Å². The van der Waals surface area contributed by atoms with Gasteiger partial charge in [-0.25, -0.2) is 0 Å². The molecule has 0 fully saturated rings. The quantitative estimate of drug-likeness (QED) is 0.0422. The summed E-state index contributed by atoms with van der Waals surface area (Å²) >= 11 is 0. The largest absolute Gasteiger partial charge is 0.466 e. The van der Waals surface area contributed by atoms with Crippen LogP contribution in [0, 0.1) is 0 Å². The van der Waals surface area contributed by atoms with Crippen molar-refractivity contribution in [2.24, 2.45) is 0 Å². The van der Waals surface area contributed by atoms with E-state index >= 15 is 0 Å². The molecule has 0 aliphatic heterocycles. The zero-order valence-electron chi connectivity index (χ0n) is 27.6. The summed E-state index contributed by atoms with van der Waals surface area (Å²) in [6.07, 6.45) is 45.8. The lowest BCUT2D eigenvalue weighted by atomic mass is 10.0. The van der Waals surface area contributed by atoms with Gasteiger partial charge in [0.1, 0.15) is 0 Å². The summed E-state index contributed by atoms with van der Waals surface area (Å²) in [4.78, 5) is 11.9. The van der Waals surface area contributed by atoms with E-state index in [4.69, 9.17) is 4.74 Å². The Morgan fingerprint density at radius 3 is 1.00 bits per heavy atom. The molecule has 0 rings (SSSR count). The van der Waals surface area contributed by atoms with Gasteiger partial charge >= 0.3 is 5.97 Å². The Bertz CT molecular complexity index is 467. The Labute approximate surface area is 255 Å².